The fourth-order valence-electron chi connectivity index (χ4n) is 3.84. The molecule has 26 heavy (non-hydrogen) atoms. The van der Waals surface area contributed by atoms with E-state index in [0.29, 0.717) is 25.0 Å². The van der Waals surface area contributed by atoms with Gasteiger partial charge >= 0.3 is 6.03 Å². The highest BCUT2D eigenvalue weighted by molar-refractivity contribution is 5.85. The molecule has 1 aliphatic carbocycles. The number of amides is 3. The van der Waals surface area contributed by atoms with Crippen LogP contribution in [0.1, 0.15) is 70.6 Å². The van der Waals surface area contributed by atoms with Gasteiger partial charge in [0.05, 0.1) is 0 Å². The number of carbonyl (C=O) groups excluding carboxylic acids is 2. The number of carbonyl (C=O) groups is 2. The Balaban J connectivity index is 0.00000338. The summed E-state index contributed by atoms with van der Waals surface area (Å²) in [5.74, 6) is 0.289. The van der Waals surface area contributed by atoms with Crippen molar-refractivity contribution in [3.05, 3.63) is 0 Å². The Labute approximate surface area is 164 Å². The summed E-state index contributed by atoms with van der Waals surface area (Å²) in [4.78, 5) is 26.0. The lowest BCUT2D eigenvalue weighted by molar-refractivity contribution is -0.132. The number of nitrogens with one attached hydrogen (secondary N) is 3. The number of hydrogen-bond acceptors (Lipinski definition) is 3. The predicted octanol–water partition coefficient (Wildman–Crippen LogP) is 2.81. The molecule has 1 saturated carbocycles. The summed E-state index contributed by atoms with van der Waals surface area (Å²) in [6.45, 7) is 2.46. The quantitative estimate of drug-likeness (QED) is 0.560. The van der Waals surface area contributed by atoms with Crippen LogP contribution < -0.4 is 16.0 Å². The van der Waals surface area contributed by atoms with Crippen LogP contribution in [0.3, 0.4) is 0 Å². The SMILES string of the molecule is CNC1CCN(C(=O)CCCCCNC(=O)NC2CCCCC2)CC1.Cl. The van der Waals surface area contributed by atoms with Crippen LogP contribution in [0.4, 0.5) is 4.79 Å². The summed E-state index contributed by atoms with van der Waals surface area (Å²) in [6.07, 6.45) is 11.6. The minimum absolute atomic E-state index is 0. The fraction of sp³-hybridized carbons (Fsp3) is 0.895. The van der Waals surface area contributed by atoms with Crippen molar-refractivity contribution >= 4 is 24.3 Å². The van der Waals surface area contributed by atoms with Crippen LogP contribution in [0.5, 0.6) is 0 Å². The summed E-state index contributed by atoms with van der Waals surface area (Å²) in [6, 6.07) is 0.892. The zero-order valence-electron chi connectivity index (χ0n) is 16.2. The van der Waals surface area contributed by atoms with E-state index in [1.807, 2.05) is 11.9 Å². The van der Waals surface area contributed by atoms with E-state index in [4.69, 9.17) is 0 Å². The van der Waals surface area contributed by atoms with Crippen molar-refractivity contribution in [3.63, 3.8) is 0 Å². The highest BCUT2D eigenvalue weighted by Gasteiger charge is 2.21. The van der Waals surface area contributed by atoms with Crippen LogP contribution in [0.2, 0.25) is 0 Å². The van der Waals surface area contributed by atoms with E-state index >= 15 is 0 Å². The fourth-order valence-corrected chi connectivity index (χ4v) is 3.84. The first kappa shape index (κ1) is 23.0. The number of piperidine rings is 1. The van der Waals surface area contributed by atoms with E-state index in [2.05, 4.69) is 16.0 Å². The smallest absolute Gasteiger partial charge is 0.315 e. The van der Waals surface area contributed by atoms with E-state index in [1.165, 1.54) is 19.3 Å². The molecule has 2 rings (SSSR count). The summed E-state index contributed by atoms with van der Waals surface area (Å²) < 4.78 is 0. The highest BCUT2D eigenvalue weighted by Crippen LogP contribution is 2.17. The Hall–Kier alpha value is -1.01. The van der Waals surface area contributed by atoms with Gasteiger partial charge in [-0.05, 0) is 45.6 Å². The van der Waals surface area contributed by atoms with Crippen LogP contribution in [0.15, 0.2) is 0 Å². The molecule has 3 amide bonds. The van der Waals surface area contributed by atoms with E-state index in [0.717, 1.165) is 58.0 Å². The van der Waals surface area contributed by atoms with Gasteiger partial charge < -0.3 is 20.9 Å². The second-order valence-electron chi connectivity index (χ2n) is 7.49. The molecule has 2 fully saturated rings. The second kappa shape index (κ2) is 13.2. The number of urea groups is 1. The van der Waals surface area contributed by atoms with E-state index in [1.54, 1.807) is 0 Å². The average Bonchev–Trinajstić information content (AvgIpc) is 2.65. The molecule has 0 radical (unpaired) electrons. The Morgan fingerprint density at radius 2 is 1.62 bits per heavy atom. The zero-order chi connectivity index (χ0) is 17.9. The molecule has 0 aromatic rings. The largest absolute Gasteiger partial charge is 0.343 e. The van der Waals surface area contributed by atoms with Crippen LogP contribution in [0.25, 0.3) is 0 Å². The number of unbranched alkanes of at least 4 members (excludes halogenated alkanes) is 2. The van der Waals surface area contributed by atoms with Crippen LogP contribution >= 0.6 is 12.4 Å². The summed E-state index contributed by atoms with van der Waals surface area (Å²) in [7, 11) is 1.99. The number of rotatable bonds is 8. The van der Waals surface area contributed by atoms with Gasteiger partial charge in [-0.2, -0.15) is 0 Å². The standard InChI is InChI=1S/C19H36N4O2.ClH/c1-20-16-11-14-23(15-12-16)18(24)10-6-3-7-13-21-19(25)22-17-8-4-2-5-9-17;/h16-17,20H,2-15H2,1H3,(H2,21,22,25);1H. The van der Waals surface area contributed by atoms with Gasteiger partial charge in [0.1, 0.15) is 0 Å². The lowest BCUT2D eigenvalue weighted by Gasteiger charge is -2.31. The van der Waals surface area contributed by atoms with E-state index in [-0.39, 0.29) is 24.3 Å². The zero-order valence-corrected chi connectivity index (χ0v) is 17.0. The third-order valence-electron chi connectivity index (χ3n) is 5.55. The van der Waals surface area contributed by atoms with Gasteiger partial charge in [0.2, 0.25) is 5.91 Å². The first-order chi connectivity index (χ1) is 12.2. The molecule has 1 saturated heterocycles. The summed E-state index contributed by atoms with van der Waals surface area (Å²) in [5.41, 5.74) is 0. The number of nitrogens with zero attached hydrogens (tertiary/aromatic N) is 1. The molecule has 0 atom stereocenters. The van der Waals surface area contributed by atoms with Crippen molar-refractivity contribution in [2.75, 3.05) is 26.7 Å². The molecule has 152 valence electrons. The first-order valence-electron chi connectivity index (χ1n) is 10.2. The van der Waals surface area contributed by atoms with Crippen molar-refractivity contribution in [1.82, 2.24) is 20.9 Å². The third kappa shape index (κ3) is 8.58. The molecule has 0 spiro atoms. The molecule has 0 aromatic heterocycles. The Bertz CT molecular complexity index is 408. The molecular formula is C19H37ClN4O2. The van der Waals surface area contributed by atoms with Gasteiger partial charge in [-0.1, -0.05) is 25.7 Å². The maximum absolute atomic E-state index is 12.2. The van der Waals surface area contributed by atoms with Gasteiger partial charge in [-0.3, -0.25) is 4.79 Å². The van der Waals surface area contributed by atoms with Gasteiger partial charge in [-0.15, -0.1) is 12.4 Å². The molecule has 1 aliphatic heterocycles. The molecular weight excluding hydrogens is 352 g/mol. The lowest BCUT2D eigenvalue weighted by Crippen LogP contribution is -2.43. The average molecular weight is 389 g/mol. The second-order valence-corrected chi connectivity index (χ2v) is 7.49. The monoisotopic (exact) mass is 388 g/mol. The topological polar surface area (TPSA) is 73.5 Å². The van der Waals surface area contributed by atoms with Gasteiger partial charge in [0, 0.05) is 38.1 Å². The molecule has 3 N–H and O–H groups in total. The third-order valence-corrected chi connectivity index (χ3v) is 5.55. The van der Waals surface area contributed by atoms with E-state index in [9.17, 15) is 9.59 Å². The molecule has 0 unspecified atom stereocenters. The Morgan fingerprint density at radius 1 is 0.923 bits per heavy atom. The Kier molecular flexibility index (Phi) is 11.7. The van der Waals surface area contributed by atoms with Crippen molar-refractivity contribution in [3.8, 4) is 0 Å². The van der Waals surface area contributed by atoms with Crippen LogP contribution in [-0.4, -0.2) is 55.6 Å². The molecule has 2 aliphatic rings. The van der Waals surface area contributed by atoms with Crippen LogP contribution in [0, 0.1) is 0 Å². The Morgan fingerprint density at radius 3 is 2.27 bits per heavy atom. The van der Waals surface area contributed by atoms with Crippen molar-refractivity contribution in [2.45, 2.75) is 82.7 Å². The van der Waals surface area contributed by atoms with Crippen LogP contribution in [-0.2, 0) is 4.79 Å². The predicted molar refractivity (Wildman–Crippen MR) is 108 cm³/mol. The van der Waals surface area contributed by atoms with Crippen molar-refractivity contribution in [1.29, 1.82) is 0 Å². The molecule has 1 heterocycles. The number of likely N-dealkylation sites (tertiary alicyclic amines) is 1. The maximum atomic E-state index is 12.2. The van der Waals surface area contributed by atoms with Gasteiger partial charge in [0.25, 0.3) is 0 Å². The molecule has 6 nitrogen and oxygen atoms in total. The summed E-state index contributed by atoms with van der Waals surface area (Å²) >= 11 is 0. The first-order valence-corrected chi connectivity index (χ1v) is 10.2. The van der Waals surface area contributed by atoms with Crippen molar-refractivity contribution in [2.24, 2.45) is 0 Å². The summed E-state index contributed by atoms with van der Waals surface area (Å²) in [5, 5.41) is 9.29. The maximum Gasteiger partial charge on any atom is 0.315 e. The highest BCUT2D eigenvalue weighted by atomic mass is 35.5. The van der Waals surface area contributed by atoms with E-state index < -0.39 is 0 Å². The number of hydrogen-bond donors (Lipinski definition) is 3. The molecule has 0 aromatic carbocycles. The minimum atomic E-state index is -0.0321. The number of halogens is 1. The minimum Gasteiger partial charge on any atom is -0.343 e. The lowest BCUT2D eigenvalue weighted by atomic mass is 9.96. The van der Waals surface area contributed by atoms with Gasteiger partial charge in [0.15, 0.2) is 0 Å². The molecule has 7 heteroatoms. The van der Waals surface area contributed by atoms with Gasteiger partial charge in [-0.25, -0.2) is 4.79 Å². The molecule has 0 bridgehead atoms. The van der Waals surface area contributed by atoms with Crippen molar-refractivity contribution < 1.29 is 9.59 Å². The normalized spacial score (nSPS) is 18.9.